The zero-order chi connectivity index (χ0) is 56.1. The second-order valence-electron chi connectivity index (χ2n) is 24.0. The molecule has 0 radical (unpaired) electrons. The van der Waals surface area contributed by atoms with Gasteiger partial charge in [0.2, 0.25) is 0 Å². The Balaban J connectivity index is 0.00000651. The molecule has 0 fully saturated rings. The van der Waals surface area contributed by atoms with Gasteiger partial charge in [0.05, 0.1) is 23.6 Å². The molecule has 5 nitrogen and oxygen atoms in total. The van der Waals surface area contributed by atoms with Crippen LogP contribution in [0.2, 0.25) is 0 Å². The topological polar surface area (TPSA) is 35.9 Å². The predicted molar refractivity (Wildman–Crippen MR) is 308 cm³/mol. The average molecular weight is 1180 g/mol. The minimum atomic E-state index is -0.441. The van der Waals surface area contributed by atoms with Gasteiger partial charge in [-0.25, -0.2) is 4.98 Å². The van der Waals surface area contributed by atoms with Crippen molar-refractivity contribution in [3.63, 3.8) is 0 Å². The van der Waals surface area contributed by atoms with Crippen LogP contribution in [0.25, 0.3) is 94.5 Å². The SMILES string of the molecule is [2H]c1c([2H])c([2H])c(-c2cc3c4c(c2)n(-c2[c-]c(Oc5[c-]c6c(cc5)c5ccccc5n6-c5cc(C(C)(C)C)ccn5)ccc2)[c-][n+]4-c2c(cccc2C(C)(C)C)-c2cc4c(cc2-c2ccccc2-3)C(C)(C)CCC4(C)C)c([2H])c1[2H].[Pt]. The summed E-state index contributed by atoms with van der Waals surface area (Å²) in [7, 11) is 0. The molecule has 0 unspecified atom stereocenters. The maximum Gasteiger partial charge on any atom is 0.268 e. The average Bonchev–Trinajstić information content (AvgIpc) is 4.18. The molecule has 11 aromatic rings. The van der Waals surface area contributed by atoms with Crippen molar-refractivity contribution in [3.8, 4) is 73.2 Å². The monoisotopic (exact) mass is 1170 g/mol. The number of ether oxygens (including phenoxy) is 1. The largest absolute Gasteiger partial charge is 0.510 e. The quantitative estimate of drug-likeness (QED) is 0.127. The number of hydrogen-bond acceptors (Lipinski definition) is 2. The van der Waals surface area contributed by atoms with Crippen molar-refractivity contribution in [2.75, 3.05) is 0 Å². The molecule has 1 aliphatic carbocycles. The number of pyridine rings is 1. The van der Waals surface area contributed by atoms with Crippen LogP contribution in [0.3, 0.4) is 0 Å². The molecule has 0 saturated heterocycles. The van der Waals surface area contributed by atoms with Crippen LogP contribution in [0.5, 0.6) is 11.5 Å². The summed E-state index contributed by atoms with van der Waals surface area (Å²) in [6, 6.07) is 51.9. The molecular weight excluding hydrogens is 1110 g/mol. The number of imidazole rings is 1. The Kier molecular flexibility index (Phi) is 10.3. The summed E-state index contributed by atoms with van der Waals surface area (Å²) in [4.78, 5) is 4.89. The maximum atomic E-state index is 9.34. The van der Waals surface area contributed by atoms with Crippen LogP contribution in [0.15, 0.2) is 170 Å². The summed E-state index contributed by atoms with van der Waals surface area (Å²) in [6.45, 7) is 22.9. The Hall–Kier alpha value is -7.33. The minimum Gasteiger partial charge on any atom is -0.510 e. The van der Waals surface area contributed by atoms with Crippen molar-refractivity contribution < 1.29 is 37.2 Å². The summed E-state index contributed by atoms with van der Waals surface area (Å²) in [5.74, 6) is 1.74. The Morgan fingerprint density at radius 3 is 1.97 bits per heavy atom. The standard InChI is InChI=1S/C70H62N4O.Pt/c1-67(2,3)46-32-35-71-64(38-46)74-61-29-17-16-26-52(61)53-31-30-49(40-62(53)74)75-48-23-18-22-47(39-48)72-43-73-65-54(27-19-28-58(65)68(4,5)6)56-42-60-59(69(7,8)33-34-70(60,9)10)41-55(56)50-24-14-15-25-51(50)57-36-45(37-63(72)66(57)73)44-20-12-11-13-21-44;/h11-32,35-38,41-42H,33-34H2,1-10H3;/q-2;/i11D,12D,13D,20D,21D;. The Morgan fingerprint density at radius 1 is 0.592 bits per heavy atom. The summed E-state index contributed by atoms with van der Waals surface area (Å²) >= 11 is 0. The molecule has 13 rings (SSSR count). The molecule has 76 heavy (non-hydrogen) atoms. The number of aromatic nitrogens is 4. The van der Waals surface area contributed by atoms with Crippen LogP contribution >= 0.6 is 0 Å². The van der Waals surface area contributed by atoms with E-state index >= 15 is 0 Å². The van der Waals surface area contributed by atoms with E-state index < -0.39 is 18.1 Å². The molecule has 0 spiro atoms. The van der Waals surface area contributed by atoms with Crippen LogP contribution in [-0.2, 0) is 42.7 Å². The van der Waals surface area contributed by atoms with Gasteiger partial charge in [-0.1, -0.05) is 178 Å². The predicted octanol–water partition coefficient (Wildman–Crippen LogP) is 17.5. The second-order valence-corrected chi connectivity index (χ2v) is 24.0. The van der Waals surface area contributed by atoms with Crippen molar-refractivity contribution in [3.05, 3.63) is 211 Å². The van der Waals surface area contributed by atoms with Crippen molar-refractivity contribution in [2.45, 2.75) is 104 Å². The molecule has 6 heteroatoms. The Labute approximate surface area is 469 Å². The van der Waals surface area contributed by atoms with Crippen LogP contribution in [0, 0.1) is 18.5 Å². The molecule has 3 aromatic heterocycles. The first-order valence-corrected chi connectivity index (χ1v) is 26.2. The van der Waals surface area contributed by atoms with Gasteiger partial charge in [-0.05, 0) is 143 Å². The van der Waals surface area contributed by atoms with Gasteiger partial charge in [0.15, 0.2) is 0 Å². The molecular formula is C70H62N4OPt-2. The summed E-state index contributed by atoms with van der Waals surface area (Å²) in [5, 5.41) is 2.11. The van der Waals surface area contributed by atoms with E-state index in [0.717, 1.165) is 90.6 Å². The fraction of sp³-hybridized carbons (Fsp3) is 0.229. The minimum absolute atomic E-state index is 0. The zero-order valence-electron chi connectivity index (χ0n) is 49.7. The van der Waals surface area contributed by atoms with E-state index in [4.69, 9.17) is 13.8 Å². The third kappa shape index (κ3) is 8.08. The van der Waals surface area contributed by atoms with E-state index in [1.165, 1.54) is 16.7 Å². The van der Waals surface area contributed by atoms with E-state index in [1.807, 2.05) is 53.2 Å². The van der Waals surface area contributed by atoms with E-state index in [9.17, 15) is 2.74 Å². The molecule has 0 amide bonds. The first-order valence-electron chi connectivity index (χ1n) is 28.7. The van der Waals surface area contributed by atoms with Gasteiger partial charge in [0.25, 0.3) is 6.33 Å². The number of fused-ring (bicyclic) bond motifs is 11. The molecule has 2 aliphatic rings. The van der Waals surface area contributed by atoms with Gasteiger partial charge in [0, 0.05) is 44.3 Å². The molecule has 380 valence electrons. The van der Waals surface area contributed by atoms with Crippen molar-refractivity contribution in [1.29, 1.82) is 0 Å². The van der Waals surface area contributed by atoms with Gasteiger partial charge in [-0.2, -0.15) is 18.2 Å². The number of para-hydroxylation sites is 2. The van der Waals surface area contributed by atoms with Gasteiger partial charge in [-0.3, -0.25) is 4.57 Å². The van der Waals surface area contributed by atoms with E-state index in [-0.39, 0.29) is 60.4 Å². The van der Waals surface area contributed by atoms with E-state index in [2.05, 4.69) is 188 Å². The summed E-state index contributed by atoms with van der Waals surface area (Å²) in [5.41, 5.74) is 16.1. The van der Waals surface area contributed by atoms with Crippen LogP contribution < -0.4 is 9.30 Å². The van der Waals surface area contributed by atoms with Crippen molar-refractivity contribution in [1.82, 2.24) is 14.1 Å². The third-order valence-corrected chi connectivity index (χ3v) is 16.0. The summed E-state index contributed by atoms with van der Waals surface area (Å²) < 4.78 is 58.1. The molecule has 0 bridgehead atoms. The molecule has 0 atom stereocenters. The fourth-order valence-corrected chi connectivity index (χ4v) is 11.9. The van der Waals surface area contributed by atoms with Gasteiger partial charge >= 0.3 is 0 Å². The summed E-state index contributed by atoms with van der Waals surface area (Å²) in [6.07, 6.45) is 7.91. The van der Waals surface area contributed by atoms with Crippen LogP contribution in [-0.4, -0.2) is 14.1 Å². The third-order valence-electron chi connectivity index (χ3n) is 16.0. The van der Waals surface area contributed by atoms with Gasteiger partial charge in [-0.15, -0.1) is 29.7 Å². The Morgan fingerprint density at radius 2 is 1.25 bits per heavy atom. The number of benzene rings is 8. The molecule has 0 N–H and O–H groups in total. The van der Waals surface area contributed by atoms with Crippen LogP contribution in [0.4, 0.5) is 0 Å². The molecule has 0 saturated carbocycles. The number of hydrogen-bond donors (Lipinski definition) is 0. The van der Waals surface area contributed by atoms with Crippen molar-refractivity contribution in [2.24, 2.45) is 0 Å². The first-order chi connectivity index (χ1) is 38.0. The van der Waals surface area contributed by atoms with E-state index in [0.29, 0.717) is 28.3 Å². The zero-order valence-corrected chi connectivity index (χ0v) is 47.0. The number of nitrogens with zero attached hydrogens (tertiary/aromatic N) is 4. The molecule has 1 aliphatic heterocycles. The van der Waals surface area contributed by atoms with Gasteiger partial charge < -0.3 is 13.9 Å². The molecule has 8 aromatic carbocycles. The second kappa shape index (κ2) is 17.9. The van der Waals surface area contributed by atoms with Crippen LogP contribution in [0.1, 0.15) is 111 Å². The fourth-order valence-electron chi connectivity index (χ4n) is 11.9. The Bertz CT molecular complexity index is 4410. The maximum absolute atomic E-state index is 9.34. The number of rotatable bonds is 5. The van der Waals surface area contributed by atoms with Crippen molar-refractivity contribution >= 4 is 32.8 Å². The first kappa shape index (κ1) is 43.9. The normalized spacial score (nSPS) is 15.4. The molecule has 4 heterocycles. The van der Waals surface area contributed by atoms with Gasteiger partial charge in [0.1, 0.15) is 5.82 Å². The van der Waals surface area contributed by atoms with E-state index in [1.54, 1.807) is 0 Å². The smallest absolute Gasteiger partial charge is 0.268 e.